The van der Waals surface area contributed by atoms with Gasteiger partial charge in [0.25, 0.3) is 5.91 Å². The largest absolute Gasteiger partial charge is 0.385 e. The second-order valence-corrected chi connectivity index (χ2v) is 4.87. The van der Waals surface area contributed by atoms with E-state index in [4.69, 9.17) is 0 Å². The molecule has 0 saturated heterocycles. The van der Waals surface area contributed by atoms with Crippen molar-refractivity contribution in [2.45, 2.75) is 20.8 Å². The number of hydrogen-bond acceptors (Lipinski definition) is 3. The Kier molecular flexibility index (Phi) is 4.52. The van der Waals surface area contributed by atoms with Gasteiger partial charge >= 0.3 is 0 Å². The summed E-state index contributed by atoms with van der Waals surface area (Å²) in [7, 11) is 0. The highest BCUT2D eigenvalue weighted by atomic mass is 19.1. The maximum Gasteiger partial charge on any atom is 0.259 e. The van der Waals surface area contributed by atoms with Gasteiger partial charge in [-0.2, -0.15) is 0 Å². The van der Waals surface area contributed by atoms with E-state index in [1.165, 1.54) is 18.3 Å². The predicted octanol–water partition coefficient (Wildman–Crippen LogP) is 3.52. The number of anilines is 2. The molecule has 0 aliphatic heterocycles. The summed E-state index contributed by atoms with van der Waals surface area (Å²) in [4.78, 5) is 16.5. The normalized spacial score (nSPS) is 10.3. The van der Waals surface area contributed by atoms with E-state index in [1.807, 2.05) is 19.9 Å². The second-order valence-electron chi connectivity index (χ2n) is 4.87. The summed E-state index contributed by atoms with van der Waals surface area (Å²) in [5, 5.41) is 5.83. The van der Waals surface area contributed by atoms with Crippen molar-refractivity contribution in [3.05, 3.63) is 53.1 Å². The molecule has 1 aromatic heterocycles. The van der Waals surface area contributed by atoms with Gasteiger partial charge < -0.3 is 10.6 Å². The number of aromatic nitrogens is 1. The molecule has 0 unspecified atom stereocenters. The third-order valence-corrected chi connectivity index (χ3v) is 2.95. The predicted molar refractivity (Wildman–Crippen MR) is 82.2 cm³/mol. The van der Waals surface area contributed by atoms with Gasteiger partial charge in [0.1, 0.15) is 5.82 Å². The molecule has 0 aliphatic rings. The minimum Gasteiger partial charge on any atom is -0.385 e. The van der Waals surface area contributed by atoms with Crippen LogP contribution in [-0.4, -0.2) is 17.4 Å². The van der Waals surface area contributed by atoms with Crippen molar-refractivity contribution in [3.8, 4) is 0 Å². The van der Waals surface area contributed by atoms with E-state index in [9.17, 15) is 9.18 Å². The van der Waals surface area contributed by atoms with Crippen LogP contribution < -0.4 is 10.6 Å². The summed E-state index contributed by atoms with van der Waals surface area (Å²) in [5.74, 6) is -0.692. The molecule has 1 amide bonds. The van der Waals surface area contributed by atoms with Crippen LogP contribution in [0, 0.1) is 19.7 Å². The molecule has 0 spiro atoms. The van der Waals surface area contributed by atoms with Crippen molar-refractivity contribution in [3.63, 3.8) is 0 Å². The van der Waals surface area contributed by atoms with Crippen LogP contribution in [0.1, 0.15) is 28.5 Å². The molecule has 0 saturated carbocycles. The second kappa shape index (κ2) is 6.35. The highest BCUT2D eigenvalue weighted by molar-refractivity contribution is 6.07. The topological polar surface area (TPSA) is 54.0 Å². The van der Waals surface area contributed by atoms with E-state index in [0.29, 0.717) is 17.8 Å². The van der Waals surface area contributed by atoms with E-state index in [2.05, 4.69) is 15.6 Å². The fourth-order valence-corrected chi connectivity index (χ4v) is 2.08. The number of pyridine rings is 1. The Hall–Kier alpha value is -2.43. The maximum absolute atomic E-state index is 13.4. The Labute approximate surface area is 123 Å². The van der Waals surface area contributed by atoms with Crippen molar-refractivity contribution >= 4 is 17.3 Å². The Morgan fingerprint density at radius 2 is 2.00 bits per heavy atom. The Balaban J connectivity index is 2.27. The van der Waals surface area contributed by atoms with Crippen LogP contribution in [-0.2, 0) is 0 Å². The number of benzene rings is 1. The lowest BCUT2D eigenvalue weighted by atomic mass is 10.1. The minimum absolute atomic E-state index is 0.316. The van der Waals surface area contributed by atoms with E-state index in [1.54, 1.807) is 13.0 Å². The summed E-state index contributed by atoms with van der Waals surface area (Å²) in [6.45, 7) is 6.28. The molecule has 1 heterocycles. The Bertz CT molecular complexity index is 650. The molecular weight excluding hydrogens is 269 g/mol. The minimum atomic E-state index is -0.376. The van der Waals surface area contributed by atoms with Crippen molar-refractivity contribution in [2.75, 3.05) is 17.2 Å². The van der Waals surface area contributed by atoms with Crippen LogP contribution in [0.3, 0.4) is 0 Å². The SMILES string of the molecule is CCNc1cc(C)ncc1C(=O)Nc1cc(C)cc(F)c1. The summed E-state index contributed by atoms with van der Waals surface area (Å²) in [6, 6.07) is 6.23. The van der Waals surface area contributed by atoms with Gasteiger partial charge in [-0.05, 0) is 50.6 Å². The lowest BCUT2D eigenvalue weighted by molar-refractivity contribution is 0.102. The molecule has 5 heteroatoms. The first-order chi connectivity index (χ1) is 9.99. The first-order valence-corrected chi connectivity index (χ1v) is 6.78. The highest BCUT2D eigenvalue weighted by Gasteiger charge is 2.13. The number of carbonyl (C=O) groups excluding carboxylic acids is 1. The van der Waals surface area contributed by atoms with Crippen LogP contribution in [0.2, 0.25) is 0 Å². The third-order valence-electron chi connectivity index (χ3n) is 2.95. The molecule has 0 bridgehead atoms. The average molecular weight is 287 g/mol. The smallest absolute Gasteiger partial charge is 0.259 e. The molecule has 2 rings (SSSR count). The van der Waals surface area contributed by atoms with Gasteiger partial charge in [0, 0.05) is 24.1 Å². The first kappa shape index (κ1) is 15.0. The van der Waals surface area contributed by atoms with E-state index < -0.39 is 0 Å². The molecular formula is C16H18FN3O. The molecule has 2 N–H and O–H groups in total. The lowest BCUT2D eigenvalue weighted by Gasteiger charge is -2.12. The number of nitrogens with one attached hydrogen (secondary N) is 2. The van der Waals surface area contributed by atoms with Gasteiger partial charge in [0.2, 0.25) is 0 Å². The zero-order chi connectivity index (χ0) is 15.4. The number of amides is 1. The molecule has 4 nitrogen and oxygen atoms in total. The standard InChI is InChI=1S/C16H18FN3O/c1-4-18-15-7-11(3)19-9-14(15)16(21)20-13-6-10(2)5-12(17)8-13/h5-9H,4H2,1-3H3,(H,18,19)(H,20,21). The molecule has 1 aromatic carbocycles. The van der Waals surface area contributed by atoms with Crippen LogP contribution in [0.15, 0.2) is 30.5 Å². The fourth-order valence-electron chi connectivity index (χ4n) is 2.08. The molecule has 21 heavy (non-hydrogen) atoms. The van der Waals surface area contributed by atoms with E-state index in [0.717, 1.165) is 16.9 Å². The van der Waals surface area contributed by atoms with Gasteiger partial charge in [0.15, 0.2) is 0 Å². The molecule has 0 atom stereocenters. The monoisotopic (exact) mass is 287 g/mol. The molecule has 0 aliphatic carbocycles. The number of halogens is 1. The maximum atomic E-state index is 13.4. The average Bonchev–Trinajstić information content (AvgIpc) is 2.37. The number of carbonyl (C=O) groups is 1. The lowest BCUT2D eigenvalue weighted by Crippen LogP contribution is -2.15. The number of hydrogen-bond donors (Lipinski definition) is 2. The zero-order valence-corrected chi connectivity index (χ0v) is 12.3. The van der Waals surface area contributed by atoms with Gasteiger partial charge in [-0.15, -0.1) is 0 Å². The highest BCUT2D eigenvalue weighted by Crippen LogP contribution is 2.19. The number of aryl methyl sites for hydroxylation is 2. The summed E-state index contributed by atoms with van der Waals surface area (Å²) < 4.78 is 13.4. The Morgan fingerprint density at radius 3 is 2.67 bits per heavy atom. The number of nitrogens with zero attached hydrogens (tertiary/aromatic N) is 1. The van der Waals surface area contributed by atoms with Gasteiger partial charge in [-0.3, -0.25) is 9.78 Å². The van der Waals surface area contributed by atoms with Gasteiger partial charge in [-0.25, -0.2) is 4.39 Å². The number of rotatable bonds is 4. The summed E-state index contributed by atoms with van der Waals surface area (Å²) >= 11 is 0. The molecule has 0 fully saturated rings. The van der Waals surface area contributed by atoms with Crippen molar-refractivity contribution < 1.29 is 9.18 Å². The molecule has 110 valence electrons. The molecule has 2 aromatic rings. The van der Waals surface area contributed by atoms with Crippen molar-refractivity contribution in [2.24, 2.45) is 0 Å². The quantitative estimate of drug-likeness (QED) is 0.904. The van der Waals surface area contributed by atoms with Crippen LogP contribution in [0.25, 0.3) is 0 Å². The van der Waals surface area contributed by atoms with Gasteiger partial charge in [-0.1, -0.05) is 0 Å². The van der Waals surface area contributed by atoms with Crippen molar-refractivity contribution in [1.29, 1.82) is 0 Å². The van der Waals surface area contributed by atoms with Crippen LogP contribution in [0.5, 0.6) is 0 Å². The summed E-state index contributed by atoms with van der Waals surface area (Å²) in [5.41, 5.74) is 3.16. The van der Waals surface area contributed by atoms with Crippen LogP contribution in [0.4, 0.5) is 15.8 Å². The first-order valence-electron chi connectivity index (χ1n) is 6.78. The van der Waals surface area contributed by atoms with E-state index in [-0.39, 0.29) is 11.7 Å². The fraction of sp³-hybridized carbons (Fsp3) is 0.250. The van der Waals surface area contributed by atoms with Crippen LogP contribution >= 0.6 is 0 Å². The van der Waals surface area contributed by atoms with E-state index >= 15 is 0 Å². The zero-order valence-electron chi connectivity index (χ0n) is 12.3. The Morgan fingerprint density at radius 1 is 1.24 bits per heavy atom. The molecule has 0 radical (unpaired) electrons. The summed E-state index contributed by atoms with van der Waals surface area (Å²) in [6.07, 6.45) is 1.52. The van der Waals surface area contributed by atoms with Gasteiger partial charge in [0.05, 0.1) is 11.3 Å². The van der Waals surface area contributed by atoms with Crippen molar-refractivity contribution in [1.82, 2.24) is 4.98 Å². The third kappa shape index (κ3) is 3.78.